The number of carbonyl (C=O) groups excluding carboxylic acids is 2. The number of hydrogen-bond donors (Lipinski definition) is 0. The minimum Gasteiger partial charge on any atom is -0.756 e. The number of ether oxygens (including phenoxy) is 2. The molecule has 0 spiro atoms. The predicted octanol–water partition coefficient (Wildman–Crippen LogP) is 18.6. The molecule has 0 aliphatic carbocycles. The Morgan fingerprint density at radius 1 is 0.423 bits per heavy atom. The topological polar surface area (TPSA) is 111 Å². The molecule has 0 heterocycles. The molecule has 0 saturated carbocycles. The third-order valence-corrected chi connectivity index (χ3v) is 15.0. The normalized spacial score (nSPS) is 13.3. The average molecular weight is 1030 g/mol. The lowest BCUT2D eigenvalue weighted by molar-refractivity contribution is -0.870. The van der Waals surface area contributed by atoms with Crippen LogP contribution in [-0.2, 0) is 32.7 Å². The summed E-state index contributed by atoms with van der Waals surface area (Å²) in [6, 6.07) is 0. The van der Waals surface area contributed by atoms with E-state index < -0.39 is 26.5 Å². The van der Waals surface area contributed by atoms with Crippen LogP contribution in [0.4, 0.5) is 0 Å². The fourth-order valence-electron chi connectivity index (χ4n) is 9.24. The smallest absolute Gasteiger partial charge is 0.306 e. The first-order valence-electron chi connectivity index (χ1n) is 30.9. The maximum atomic E-state index is 12.8. The van der Waals surface area contributed by atoms with Crippen LogP contribution in [0.1, 0.15) is 316 Å². The zero-order valence-electron chi connectivity index (χ0n) is 48.0. The summed E-state index contributed by atoms with van der Waals surface area (Å²) in [6.07, 6.45) is 62.7. The summed E-state index contributed by atoms with van der Waals surface area (Å²) < 4.78 is 34.2. The molecule has 0 fully saturated rings. The number of phosphoric acid groups is 1. The van der Waals surface area contributed by atoms with E-state index >= 15 is 0 Å². The highest BCUT2D eigenvalue weighted by Crippen LogP contribution is 2.38. The lowest BCUT2D eigenvalue weighted by Gasteiger charge is -2.28. The van der Waals surface area contributed by atoms with Gasteiger partial charge in [-0.05, 0) is 38.5 Å². The van der Waals surface area contributed by atoms with Crippen molar-refractivity contribution < 1.29 is 42.1 Å². The van der Waals surface area contributed by atoms with Gasteiger partial charge >= 0.3 is 11.9 Å². The Morgan fingerprint density at radius 2 is 0.718 bits per heavy atom. The molecule has 0 radical (unpaired) electrons. The zero-order valence-corrected chi connectivity index (χ0v) is 48.8. The van der Waals surface area contributed by atoms with Crippen LogP contribution in [0.15, 0.2) is 12.2 Å². The van der Waals surface area contributed by atoms with Crippen molar-refractivity contribution in [1.82, 2.24) is 0 Å². The van der Waals surface area contributed by atoms with Crippen molar-refractivity contribution in [3.63, 3.8) is 0 Å². The number of nitrogens with zero attached hydrogens (tertiary/aromatic N) is 1. The number of hydrogen-bond acceptors (Lipinski definition) is 8. The summed E-state index contributed by atoms with van der Waals surface area (Å²) in [6.45, 7) is 4.30. The SMILES string of the molecule is CCCCCCCCCC/C=C\CCCCCCCCCCCC(=O)OC(COC(=O)CCCCCCCCCCCCCCCCCCCCCCCCCCCC)COP(=O)([O-])OCC[N+](C)(C)C. The highest BCUT2D eigenvalue weighted by Gasteiger charge is 2.22. The van der Waals surface area contributed by atoms with Gasteiger partial charge in [0, 0.05) is 12.8 Å². The van der Waals surface area contributed by atoms with Gasteiger partial charge in [-0.25, -0.2) is 0 Å². The highest BCUT2D eigenvalue weighted by atomic mass is 31.2. The molecular formula is C61H120NO8P. The van der Waals surface area contributed by atoms with Crippen LogP contribution in [0.2, 0.25) is 0 Å². The molecule has 0 rings (SSSR count). The fourth-order valence-corrected chi connectivity index (χ4v) is 9.97. The predicted molar refractivity (Wildman–Crippen MR) is 301 cm³/mol. The number of esters is 2. The third kappa shape index (κ3) is 57.9. The van der Waals surface area contributed by atoms with Crippen molar-refractivity contribution >= 4 is 19.8 Å². The van der Waals surface area contributed by atoms with Crippen molar-refractivity contribution in [3.8, 4) is 0 Å². The first-order valence-corrected chi connectivity index (χ1v) is 32.4. The number of quaternary nitrogens is 1. The number of likely N-dealkylation sites (N-methyl/N-ethyl adjacent to an activating group) is 1. The molecule has 71 heavy (non-hydrogen) atoms. The van der Waals surface area contributed by atoms with Gasteiger partial charge in [0.2, 0.25) is 0 Å². The third-order valence-electron chi connectivity index (χ3n) is 14.0. The standard InChI is InChI=1S/C61H120NO8P/c1-6-8-10-12-14-16-18-20-22-24-26-28-29-30-31-32-34-35-37-39-41-43-45-47-49-51-53-60(63)67-57-59(58-69-71(65,66)68-56-55-62(3,4)5)70-61(64)54-52-50-48-46-44-42-40-38-36-33-27-25-23-21-19-17-15-13-11-9-7-2/h25,27,59H,6-24,26,28-58H2,1-5H3/b27-25-. The second kappa shape index (κ2) is 53.6. The van der Waals surface area contributed by atoms with E-state index in [1.807, 2.05) is 21.1 Å². The zero-order chi connectivity index (χ0) is 52.0. The molecule has 0 aromatic rings. The van der Waals surface area contributed by atoms with Crippen LogP contribution in [0, 0.1) is 0 Å². The molecule has 9 nitrogen and oxygen atoms in total. The minimum absolute atomic E-state index is 0.0274. The maximum Gasteiger partial charge on any atom is 0.306 e. The molecule has 10 heteroatoms. The van der Waals surface area contributed by atoms with Gasteiger partial charge in [0.25, 0.3) is 7.82 Å². The van der Waals surface area contributed by atoms with Crippen molar-refractivity contribution in [3.05, 3.63) is 12.2 Å². The Kier molecular flexibility index (Phi) is 52.6. The summed E-state index contributed by atoms with van der Waals surface area (Å²) >= 11 is 0. The average Bonchev–Trinajstić information content (AvgIpc) is 3.33. The Hall–Kier alpha value is -1.25. The molecule has 422 valence electrons. The van der Waals surface area contributed by atoms with E-state index in [1.54, 1.807) is 0 Å². The molecule has 0 aromatic carbocycles. The van der Waals surface area contributed by atoms with Crippen molar-refractivity contribution in [2.24, 2.45) is 0 Å². The van der Waals surface area contributed by atoms with Gasteiger partial charge in [0.05, 0.1) is 27.7 Å². The number of allylic oxidation sites excluding steroid dienone is 2. The van der Waals surface area contributed by atoms with Crippen molar-refractivity contribution in [1.29, 1.82) is 0 Å². The van der Waals surface area contributed by atoms with Crippen LogP contribution in [0.25, 0.3) is 0 Å². The number of unbranched alkanes of at least 4 members (excludes halogenated alkanes) is 42. The number of carbonyl (C=O) groups is 2. The fraction of sp³-hybridized carbons (Fsp3) is 0.934. The molecule has 0 N–H and O–H groups in total. The minimum atomic E-state index is -4.63. The summed E-state index contributed by atoms with van der Waals surface area (Å²) in [5.41, 5.74) is 0. The van der Waals surface area contributed by atoms with Gasteiger partial charge in [-0.1, -0.05) is 276 Å². The Morgan fingerprint density at radius 3 is 1.04 bits per heavy atom. The molecule has 0 saturated heterocycles. The summed E-state index contributed by atoms with van der Waals surface area (Å²) in [5.74, 6) is -0.815. The van der Waals surface area contributed by atoms with Crippen LogP contribution in [-0.4, -0.2) is 70.0 Å². The van der Waals surface area contributed by atoms with E-state index in [0.29, 0.717) is 17.4 Å². The largest absolute Gasteiger partial charge is 0.756 e. The maximum absolute atomic E-state index is 12.8. The van der Waals surface area contributed by atoms with Crippen LogP contribution >= 0.6 is 7.82 Å². The van der Waals surface area contributed by atoms with Crippen LogP contribution < -0.4 is 4.89 Å². The molecular weight excluding hydrogens is 906 g/mol. The summed E-state index contributed by atoms with van der Waals surface area (Å²) in [5, 5.41) is 0. The Bertz CT molecular complexity index is 1210. The Balaban J connectivity index is 4.07. The summed E-state index contributed by atoms with van der Waals surface area (Å²) in [4.78, 5) is 37.9. The van der Waals surface area contributed by atoms with Gasteiger partial charge in [0.15, 0.2) is 6.10 Å². The van der Waals surface area contributed by atoms with Gasteiger partial charge in [-0.2, -0.15) is 0 Å². The molecule has 0 bridgehead atoms. The van der Waals surface area contributed by atoms with Crippen LogP contribution in [0.5, 0.6) is 0 Å². The molecule has 2 unspecified atom stereocenters. The second-order valence-electron chi connectivity index (χ2n) is 22.4. The lowest BCUT2D eigenvalue weighted by atomic mass is 10.0. The van der Waals surface area contributed by atoms with Gasteiger partial charge in [-0.15, -0.1) is 0 Å². The van der Waals surface area contributed by atoms with E-state index in [2.05, 4.69) is 26.0 Å². The van der Waals surface area contributed by atoms with E-state index in [0.717, 1.165) is 38.5 Å². The second-order valence-corrected chi connectivity index (χ2v) is 23.8. The van der Waals surface area contributed by atoms with Gasteiger partial charge in [-0.3, -0.25) is 14.2 Å². The van der Waals surface area contributed by atoms with E-state index in [9.17, 15) is 19.0 Å². The molecule has 2 atom stereocenters. The van der Waals surface area contributed by atoms with E-state index in [4.69, 9.17) is 18.5 Å². The Labute approximate surface area is 441 Å². The lowest BCUT2D eigenvalue weighted by Crippen LogP contribution is -2.37. The van der Waals surface area contributed by atoms with E-state index in [1.165, 1.54) is 244 Å². The van der Waals surface area contributed by atoms with Crippen molar-refractivity contribution in [2.45, 2.75) is 322 Å². The summed E-state index contributed by atoms with van der Waals surface area (Å²) in [7, 11) is 1.18. The van der Waals surface area contributed by atoms with Gasteiger partial charge in [0.1, 0.15) is 19.8 Å². The monoisotopic (exact) mass is 1030 g/mol. The first kappa shape index (κ1) is 69.8. The molecule has 0 aliphatic heterocycles. The van der Waals surface area contributed by atoms with E-state index in [-0.39, 0.29) is 32.0 Å². The molecule has 0 amide bonds. The quantitative estimate of drug-likeness (QED) is 0.0195. The van der Waals surface area contributed by atoms with Crippen molar-refractivity contribution in [2.75, 3.05) is 47.5 Å². The van der Waals surface area contributed by atoms with Crippen LogP contribution in [0.3, 0.4) is 0 Å². The number of rotatable bonds is 58. The highest BCUT2D eigenvalue weighted by molar-refractivity contribution is 7.45. The number of phosphoric ester groups is 1. The molecule has 0 aromatic heterocycles. The van der Waals surface area contributed by atoms with Gasteiger partial charge < -0.3 is 27.9 Å². The molecule has 0 aliphatic rings. The first-order chi connectivity index (χ1) is 34.5.